The fraction of sp³-hybridized carbons (Fsp3) is 0.375. The van der Waals surface area contributed by atoms with Crippen LogP contribution in [0.1, 0.15) is 31.7 Å². The fourth-order valence-electron chi connectivity index (χ4n) is 2.27. The molecule has 2 rings (SSSR count). The molecule has 0 aliphatic heterocycles. The van der Waals surface area contributed by atoms with Gasteiger partial charge in [-0.05, 0) is 24.1 Å². The highest BCUT2D eigenvalue weighted by molar-refractivity contribution is 5.90. The second-order valence-electron chi connectivity index (χ2n) is 5.23. The number of fused-ring (bicyclic) bond motifs is 1. The number of unbranched alkanes of at least 4 members (excludes halogenated alkanes) is 2. The molecule has 22 heavy (non-hydrogen) atoms. The van der Waals surface area contributed by atoms with Gasteiger partial charge in [0.2, 0.25) is 5.96 Å². The van der Waals surface area contributed by atoms with Gasteiger partial charge in [-0.25, -0.2) is 4.99 Å². The van der Waals surface area contributed by atoms with Crippen molar-refractivity contribution in [3.8, 4) is 0 Å². The Balaban J connectivity index is 2.09. The summed E-state index contributed by atoms with van der Waals surface area (Å²) >= 11 is 0. The quantitative estimate of drug-likeness (QED) is 0.207. The molecule has 6 nitrogen and oxygen atoms in total. The van der Waals surface area contributed by atoms with E-state index in [-0.39, 0.29) is 6.61 Å². The Morgan fingerprint density at radius 3 is 3.00 bits per heavy atom. The predicted molar refractivity (Wildman–Crippen MR) is 90.4 cm³/mol. The fourth-order valence-corrected chi connectivity index (χ4v) is 2.27. The Hall–Kier alpha value is -2.34. The first-order chi connectivity index (χ1) is 10.7. The Morgan fingerprint density at radius 2 is 2.27 bits per heavy atom. The lowest BCUT2D eigenvalue weighted by Gasteiger charge is -2.02. The van der Waals surface area contributed by atoms with E-state index < -0.39 is 0 Å². The van der Waals surface area contributed by atoms with Crippen molar-refractivity contribution in [3.63, 3.8) is 0 Å². The monoisotopic (exact) mass is 302 g/mol. The normalized spacial score (nSPS) is 11.8. The van der Waals surface area contributed by atoms with Gasteiger partial charge in [-0.2, -0.15) is 0 Å². The van der Waals surface area contributed by atoms with Crippen LogP contribution in [0, 0.1) is 0 Å². The molecule has 1 aromatic heterocycles. The molecule has 0 fully saturated rings. The first kappa shape index (κ1) is 16.0. The molecule has 0 spiro atoms. The SMILES string of the molecule is C=[N+](NC(N)=NCCCCC)c1c[nH]c2ccc(CO)cc12. The molecule has 2 aromatic rings. The maximum atomic E-state index is 9.26. The number of hydrogen-bond acceptors (Lipinski definition) is 2. The van der Waals surface area contributed by atoms with Crippen LogP contribution in [0.3, 0.4) is 0 Å². The highest BCUT2D eigenvalue weighted by Crippen LogP contribution is 2.25. The number of hydrazine groups is 1. The Bertz CT molecular complexity index is 674. The summed E-state index contributed by atoms with van der Waals surface area (Å²) in [5.41, 5.74) is 11.5. The van der Waals surface area contributed by atoms with Gasteiger partial charge >= 0.3 is 0 Å². The Labute approximate surface area is 130 Å². The third-order valence-electron chi connectivity index (χ3n) is 3.49. The van der Waals surface area contributed by atoms with Crippen molar-refractivity contribution in [1.29, 1.82) is 0 Å². The molecular formula is C16H24N5O+. The number of aliphatic hydroxyl groups is 1. The molecule has 118 valence electrons. The number of benzene rings is 1. The van der Waals surface area contributed by atoms with E-state index in [0.717, 1.165) is 41.4 Å². The van der Waals surface area contributed by atoms with Crippen LogP contribution in [0.2, 0.25) is 0 Å². The van der Waals surface area contributed by atoms with Crippen molar-refractivity contribution < 1.29 is 9.79 Å². The third-order valence-corrected chi connectivity index (χ3v) is 3.49. The average molecular weight is 302 g/mol. The summed E-state index contributed by atoms with van der Waals surface area (Å²) in [6.07, 6.45) is 5.18. The number of guanidine groups is 1. The van der Waals surface area contributed by atoms with Crippen LogP contribution < -0.4 is 11.2 Å². The van der Waals surface area contributed by atoms with Crippen molar-refractivity contribution in [2.24, 2.45) is 10.7 Å². The molecule has 0 amide bonds. The number of hydrazone groups is 1. The van der Waals surface area contributed by atoms with Gasteiger partial charge < -0.3 is 15.8 Å². The maximum Gasteiger partial charge on any atom is 0.260 e. The maximum absolute atomic E-state index is 9.26. The van der Waals surface area contributed by atoms with Crippen LogP contribution in [0.5, 0.6) is 0 Å². The second kappa shape index (κ2) is 7.61. The standard InChI is InChI=1S/C16H24N5O/c1-3-4-5-8-18-16(17)20-21(2)15-10-19-14-7-6-12(11-22)9-13(14)15/h6-7,9-10,19,22H,2-5,8,11H2,1H3,(H3,17,18,20)/q+1. The second-order valence-corrected chi connectivity index (χ2v) is 5.23. The zero-order valence-corrected chi connectivity index (χ0v) is 13.0. The molecule has 0 saturated heterocycles. The summed E-state index contributed by atoms with van der Waals surface area (Å²) < 4.78 is 1.58. The van der Waals surface area contributed by atoms with E-state index in [0.29, 0.717) is 12.5 Å². The molecule has 0 atom stereocenters. The number of nitrogens with one attached hydrogen (secondary N) is 2. The van der Waals surface area contributed by atoms with Gasteiger partial charge in [0.15, 0.2) is 6.72 Å². The lowest BCUT2D eigenvalue weighted by molar-refractivity contribution is -0.476. The number of aliphatic imine (C=N–C) groups is 1. The Morgan fingerprint density at radius 1 is 1.45 bits per heavy atom. The molecule has 0 aliphatic carbocycles. The number of rotatable bonds is 7. The average Bonchev–Trinajstić information content (AvgIpc) is 2.94. The summed E-state index contributed by atoms with van der Waals surface area (Å²) in [6, 6.07) is 5.74. The van der Waals surface area contributed by atoms with Gasteiger partial charge in [0, 0.05) is 6.54 Å². The zero-order chi connectivity index (χ0) is 15.9. The van der Waals surface area contributed by atoms with Crippen LogP contribution in [0.4, 0.5) is 5.69 Å². The third kappa shape index (κ3) is 3.85. The summed E-state index contributed by atoms with van der Waals surface area (Å²) in [5.74, 6) is 0.346. The van der Waals surface area contributed by atoms with Crippen LogP contribution >= 0.6 is 0 Å². The lowest BCUT2D eigenvalue weighted by atomic mass is 10.1. The van der Waals surface area contributed by atoms with Crippen molar-refractivity contribution in [1.82, 2.24) is 10.4 Å². The van der Waals surface area contributed by atoms with E-state index in [1.54, 1.807) is 4.68 Å². The van der Waals surface area contributed by atoms with E-state index in [2.05, 4.69) is 29.0 Å². The minimum atomic E-state index is 0.00611. The van der Waals surface area contributed by atoms with Crippen LogP contribution in [0.25, 0.3) is 10.9 Å². The number of H-pyrrole nitrogens is 1. The van der Waals surface area contributed by atoms with Crippen molar-refractivity contribution in [3.05, 3.63) is 30.0 Å². The molecule has 5 N–H and O–H groups in total. The minimum absolute atomic E-state index is 0.00611. The van der Waals surface area contributed by atoms with Gasteiger partial charge in [-0.1, -0.05) is 30.5 Å². The van der Waals surface area contributed by atoms with Crippen LogP contribution in [-0.2, 0) is 6.61 Å². The molecule has 1 heterocycles. The summed E-state index contributed by atoms with van der Waals surface area (Å²) in [4.78, 5) is 7.45. The van der Waals surface area contributed by atoms with E-state index in [9.17, 15) is 5.11 Å². The van der Waals surface area contributed by atoms with Crippen LogP contribution in [0.15, 0.2) is 29.4 Å². The van der Waals surface area contributed by atoms with E-state index >= 15 is 0 Å². The van der Waals surface area contributed by atoms with E-state index in [1.807, 2.05) is 24.4 Å². The summed E-state index contributed by atoms with van der Waals surface area (Å²) in [5, 5.41) is 10.2. The molecule has 0 saturated carbocycles. The first-order valence-electron chi connectivity index (χ1n) is 7.53. The number of aliphatic hydroxyl groups excluding tert-OH is 1. The molecule has 0 unspecified atom stereocenters. The Kier molecular flexibility index (Phi) is 5.55. The first-order valence-corrected chi connectivity index (χ1v) is 7.53. The minimum Gasteiger partial charge on any atom is -0.392 e. The van der Waals surface area contributed by atoms with Gasteiger partial charge in [0.1, 0.15) is 0 Å². The molecule has 0 bridgehead atoms. The number of nitrogens with two attached hydrogens (primary N) is 1. The number of aromatic amines is 1. The van der Waals surface area contributed by atoms with Gasteiger partial charge in [-0.3, -0.25) is 0 Å². The van der Waals surface area contributed by atoms with Gasteiger partial charge in [0.25, 0.3) is 5.69 Å². The number of aromatic nitrogens is 1. The van der Waals surface area contributed by atoms with Crippen LogP contribution in [-0.4, -0.2) is 34.0 Å². The molecule has 0 aliphatic rings. The highest BCUT2D eigenvalue weighted by Gasteiger charge is 2.15. The van der Waals surface area contributed by atoms with Gasteiger partial charge in [-0.15, -0.1) is 5.43 Å². The lowest BCUT2D eigenvalue weighted by Crippen LogP contribution is -2.37. The van der Waals surface area contributed by atoms with Crippen molar-refractivity contribution in [2.45, 2.75) is 32.8 Å². The van der Waals surface area contributed by atoms with Crippen molar-refractivity contribution in [2.75, 3.05) is 6.54 Å². The van der Waals surface area contributed by atoms with Crippen molar-refractivity contribution >= 4 is 29.3 Å². The molecule has 0 radical (unpaired) electrons. The topological polar surface area (TPSA) is 89.4 Å². The largest absolute Gasteiger partial charge is 0.392 e. The van der Waals surface area contributed by atoms with E-state index in [4.69, 9.17) is 5.73 Å². The molecule has 1 aromatic carbocycles. The van der Waals surface area contributed by atoms with E-state index in [1.165, 1.54) is 0 Å². The molecule has 6 heteroatoms. The molecular weight excluding hydrogens is 278 g/mol. The number of nitrogens with zero attached hydrogens (tertiary/aromatic N) is 2. The predicted octanol–water partition coefficient (Wildman–Crippen LogP) is 2.01. The summed E-state index contributed by atoms with van der Waals surface area (Å²) in [7, 11) is 0. The highest BCUT2D eigenvalue weighted by atomic mass is 16.3. The number of hydrogen-bond donors (Lipinski definition) is 4. The summed E-state index contributed by atoms with van der Waals surface area (Å²) in [6.45, 7) is 6.82. The smallest absolute Gasteiger partial charge is 0.260 e. The van der Waals surface area contributed by atoms with Gasteiger partial charge in [0.05, 0.1) is 23.7 Å². The zero-order valence-electron chi connectivity index (χ0n) is 13.0.